The van der Waals surface area contributed by atoms with Crippen LogP contribution in [0.4, 0.5) is 9.18 Å². The summed E-state index contributed by atoms with van der Waals surface area (Å²) in [5, 5.41) is 13.5. The molecule has 1 aliphatic rings. The Balaban J connectivity index is 1.37. The van der Waals surface area contributed by atoms with Crippen LogP contribution in [0.25, 0.3) is 10.8 Å². The lowest BCUT2D eigenvalue weighted by Crippen LogP contribution is -2.46. The minimum absolute atomic E-state index is 0.0510. The van der Waals surface area contributed by atoms with Gasteiger partial charge >= 0.3 is 6.03 Å². The highest BCUT2D eigenvalue weighted by atomic mass is 19.1. The average molecular weight is 480 g/mol. The number of likely N-dealkylation sites (tertiary alicyclic amines) is 1. The molecule has 4 rings (SSSR count). The summed E-state index contributed by atoms with van der Waals surface area (Å²) in [5.41, 5.74) is 0.521. The van der Waals surface area contributed by atoms with Crippen LogP contribution in [0.5, 0.6) is 0 Å². The van der Waals surface area contributed by atoms with Gasteiger partial charge in [0, 0.05) is 38.0 Å². The van der Waals surface area contributed by atoms with Gasteiger partial charge in [-0.25, -0.2) is 14.3 Å². The third-order valence-corrected chi connectivity index (χ3v) is 6.26. The number of rotatable bonds is 7. The van der Waals surface area contributed by atoms with Gasteiger partial charge in [-0.15, -0.1) is 0 Å². The standard InChI is InChI=1S/C26H30FN5O3/c1-26(2,16-29-25(35)32-11-5-6-12-32)15-28-23(33)20-10-9-17(13-21(20)27)14-22-18-7-3-4-8-19(18)24(34)31-30-22/h3-4,7-10,13H,5-6,11-12,14-16H2,1-2H3,(H,28,33)(H,29,35)(H,31,34). The molecule has 1 fully saturated rings. The zero-order chi connectivity index (χ0) is 25.0. The molecule has 3 aromatic rings. The van der Waals surface area contributed by atoms with Gasteiger partial charge in [-0.3, -0.25) is 9.59 Å². The van der Waals surface area contributed by atoms with Crippen molar-refractivity contribution in [1.29, 1.82) is 0 Å². The molecule has 0 saturated carbocycles. The molecule has 3 N–H and O–H groups in total. The van der Waals surface area contributed by atoms with Crippen LogP contribution < -0.4 is 16.2 Å². The molecule has 9 heteroatoms. The van der Waals surface area contributed by atoms with Crippen molar-refractivity contribution in [3.05, 3.63) is 75.5 Å². The van der Waals surface area contributed by atoms with Gasteiger partial charge in [0.1, 0.15) is 5.82 Å². The van der Waals surface area contributed by atoms with Crippen molar-refractivity contribution in [3.8, 4) is 0 Å². The normalized spacial score (nSPS) is 13.7. The number of aromatic nitrogens is 2. The van der Waals surface area contributed by atoms with Crippen LogP contribution in [-0.2, 0) is 6.42 Å². The predicted octanol–water partition coefficient (Wildman–Crippen LogP) is 3.21. The third kappa shape index (κ3) is 5.85. The first kappa shape index (κ1) is 24.4. The van der Waals surface area contributed by atoms with Gasteiger partial charge in [0.25, 0.3) is 11.5 Å². The van der Waals surface area contributed by atoms with E-state index in [1.165, 1.54) is 12.1 Å². The van der Waals surface area contributed by atoms with Crippen molar-refractivity contribution in [2.75, 3.05) is 26.2 Å². The number of amides is 3. The monoisotopic (exact) mass is 479 g/mol. The Morgan fingerprint density at radius 2 is 1.74 bits per heavy atom. The number of carbonyl (C=O) groups excluding carboxylic acids is 2. The van der Waals surface area contributed by atoms with Gasteiger partial charge in [0.05, 0.1) is 16.6 Å². The largest absolute Gasteiger partial charge is 0.351 e. The van der Waals surface area contributed by atoms with Crippen molar-refractivity contribution in [2.24, 2.45) is 5.41 Å². The highest BCUT2D eigenvalue weighted by Gasteiger charge is 2.24. The van der Waals surface area contributed by atoms with Crippen LogP contribution in [0.1, 0.15) is 48.3 Å². The first-order valence-electron chi connectivity index (χ1n) is 11.8. The van der Waals surface area contributed by atoms with Crippen LogP contribution >= 0.6 is 0 Å². The summed E-state index contributed by atoms with van der Waals surface area (Å²) < 4.78 is 14.8. The summed E-state index contributed by atoms with van der Waals surface area (Å²) in [6.45, 7) is 6.07. The molecular formula is C26H30FN5O3. The fourth-order valence-electron chi connectivity index (χ4n) is 4.18. The van der Waals surface area contributed by atoms with Gasteiger partial charge in [-0.05, 0) is 42.0 Å². The number of halogens is 1. The summed E-state index contributed by atoms with van der Waals surface area (Å²) in [6, 6.07) is 11.5. The minimum Gasteiger partial charge on any atom is -0.351 e. The average Bonchev–Trinajstić information content (AvgIpc) is 3.38. The van der Waals surface area contributed by atoms with E-state index in [9.17, 15) is 18.8 Å². The van der Waals surface area contributed by atoms with Crippen LogP contribution in [0, 0.1) is 11.2 Å². The van der Waals surface area contributed by atoms with Crippen molar-refractivity contribution >= 4 is 22.7 Å². The van der Waals surface area contributed by atoms with E-state index < -0.39 is 17.1 Å². The van der Waals surface area contributed by atoms with Crippen LogP contribution in [0.15, 0.2) is 47.3 Å². The van der Waals surface area contributed by atoms with Crippen molar-refractivity contribution < 1.29 is 14.0 Å². The number of aromatic amines is 1. The number of fused-ring (bicyclic) bond motifs is 1. The van der Waals surface area contributed by atoms with Gasteiger partial charge in [0.15, 0.2) is 0 Å². The number of hydrogen-bond acceptors (Lipinski definition) is 4. The van der Waals surface area contributed by atoms with Gasteiger partial charge in [-0.1, -0.05) is 38.1 Å². The molecule has 3 amide bonds. The fourth-order valence-corrected chi connectivity index (χ4v) is 4.18. The van der Waals surface area contributed by atoms with E-state index in [0.29, 0.717) is 35.0 Å². The Bertz CT molecular complexity index is 1300. The van der Waals surface area contributed by atoms with Crippen molar-refractivity contribution in [2.45, 2.75) is 33.1 Å². The molecule has 0 spiro atoms. The Morgan fingerprint density at radius 1 is 1.06 bits per heavy atom. The quantitative estimate of drug-likeness (QED) is 0.484. The van der Waals surface area contributed by atoms with E-state index in [0.717, 1.165) is 25.9 Å². The Kier molecular flexibility index (Phi) is 7.14. The van der Waals surface area contributed by atoms with E-state index in [1.54, 1.807) is 29.2 Å². The molecule has 8 nitrogen and oxygen atoms in total. The predicted molar refractivity (Wildman–Crippen MR) is 132 cm³/mol. The smallest absolute Gasteiger partial charge is 0.317 e. The molecule has 0 aliphatic carbocycles. The van der Waals surface area contributed by atoms with E-state index in [2.05, 4.69) is 20.8 Å². The van der Waals surface area contributed by atoms with Gasteiger partial charge < -0.3 is 15.5 Å². The van der Waals surface area contributed by atoms with Gasteiger partial charge in [0.2, 0.25) is 0 Å². The molecule has 1 saturated heterocycles. The zero-order valence-corrected chi connectivity index (χ0v) is 20.0. The molecule has 2 aromatic carbocycles. The lowest BCUT2D eigenvalue weighted by Gasteiger charge is -2.27. The number of nitrogens with zero attached hydrogens (tertiary/aromatic N) is 2. The Morgan fingerprint density at radius 3 is 2.46 bits per heavy atom. The highest BCUT2D eigenvalue weighted by molar-refractivity contribution is 5.94. The molecular weight excluding hydrogens is 449 g/mol. The molecule has 0 bridgehead atoms. The van der Waals surface area contributed by atoms with Crippen LogP contribution in [-0.4, -0.2) is 53.2 Å². The fraction of sp³-hybridized carbons (Fsp3) is 0.385. The first-order valence-corrected chi connectivity index (χ1v) is 11.8. The molecule has 0 atom stereocenters. The first-order chi connectivity index (χ1) is 16.7. The molecule has 0 unspecified atom stereocenters. The van der Waals surface area contributed by atoms with Crippen molar-refractivity contribution in [1.82, 2.24) is 25.7 Å². The lowest BCUT2D eigenvalue weighted by atomic mass is 9.93. The molecule has 1 aliphatic heterocycles. The molecule has 35 heavy (non-hydrogen) atoms. The number of H-pyrrole nitrogens is 1. The summed E-state index contributed by atoms with van der Waals surface area (Å²) in [6.07, 6.45) is 2.35. The second-order valence-corrected chi connectivity index (χ2v) is 9.74. The second-order valence-electron chi connectivity index (χ2n) is 9.74. The number of hydrogen-bond donors (Lipinski definition) is 3. The zero-order valence-electron chi connectivity index (χ0n) is 20.0. The van der Waals surface area contributed by atoms with Crippen molar-refractivity contribution in [3.63, 3.8) is 0 Å². The maximum Gasteiger partial charge on any atom is 0.317 e. The van der Waals surface area contributed by atoms with E-state index in [1.807, 2.05) is 19.9 Å². The summed E-state index contributed by atoms with van der Waals surface area (Å²) in [4.78, 5) is 38.6. The topological polar surface area (TPSA) is 107 Å². The highest BCUT2D eigenvalue weighted by Crippen LogP contribution is 2.19. The number of nitrogens with one attached hydrogen (secondary N) is 3. The third-order valence-electron chi connectivity index (χ3n) is 6.26. The molecule has 2 heterocycles. The maximum absolute atomic E-state index is 14.8. The molecule has 1 aromatic heterocycles. The molecule has 0 radical (unpaired) electrons. The summed E-state index contributed by atoms with van der Waals surface area (Å²) in [5.74, 6) is -1.14. The minimum atomic E-state index is -0.631. The second kappa shape index (κ2) is 10.2. The Hall–Kier alpha value is -3.75. The van der Waals surface area contributed by atoms with E-state index in [4.69, 9.17) is 0 Å². The SMILES string of the molecule is CC(C)(CNC(=O)c1ccc(Cc2n[nH]c(=O)c3ccccc23)cc1F)CNC(=O)N1CCCC1. The lowest BCUT2D eigenvalue weighted by molar-refractivity contribution is 0.0932. The van der Waals surface area contributed by atoms with Crippen LogP contribution in [0.2, 0.25) is 0 Å². The number of carbonyl (C=O) groups is 2. The maximum atomic E-state index is 14.8. The number of benzene rings is 2. The number of urea groups is 1. The summed E-state index contributed by atoms with van der Waals surface area (Å²) >= 11 is 0. The van der Waals surface area contributed by atoms with E-state index >= 15 is 0 Å². The Labute approximate surface area is 202 Å². The van der Waals surface area contributed by atoms with Gasteiger partial charge in [-0.2, -0.15) is 5.10 Å². The van der Waals surface area contributed by atoms with Crippen LogP contribution in [0.3, 0.4) is 0 Å². The summed E-state index contributed by atoms with van der Waals surface area (Å²) in [7, 11) is 0. The van der Waals surface area contributed by atoms with E-state index in [-0.39, 0.29) is 23.7 Å². The molecule has 184 valence electrons.